The second kappa shape index (κ2) is 12.3. The molecule has 1 aromatic heterocycles. The zero-order valence-electron chi connectivity index (χ0n) is 16.3. The Bertz CT molecular complexity index is 614. The summed E-state index contributed by atoms with van der Waals surface area (Å²) in [5, 5.41) is 9.85. The summed E-state index contributed by atoms with van der Waals surface area (Å²) in [4.78, 5) is 28.5. The predicted molar refractivity (Wildman–Crippen MR) is 112 cm³/mol. The Kier molecular flexibility index (Phi) is 10.8. The van der Waals surface area contributed by atoms with Crippen LogP contribution >= 0.6 is 24.8 Å². The summed E-state index contributed by atoms with van der Waals surface area (Å²) >= 11 is 0. The highest BCUT2D eigenvalue weighted by atomic mass is 35.5. The number of piperazine rings is 1. The maximum Gasteiger partial charge on any atom is 0.239 e. The van der Waals surface area contributed by atoms with E-state index in [1.165, 1.54) is 12.8 Å². The van der Waals surface area contributed by atoms with Gasteiger partial charge in [0.15, 0.2) is 5.82 Å². The molecule has 0 unspecified atom stereocenters. The third-order valence-electron chi connectivity index (χ3n) is 5.21. The number of anilines is 1. The lowest BCUT2D eigenvalue weighted by molar-refractivity contribution is -0.133. The molecule has 28 heavy (non-hydrogen) atoms. The molecule has 2 fully saturated rings. The topological polar surface area (TPSA) is 90.7 Å². The van der Waals surface area contributed by atoms with Gasteiger partial charge in [0.2, 0.25) is 11.8 Å². The van der Waals surface area contributed by atoms with Crippen LogP contribution in [0, 0.1) is 12.8 Å². The highest BCUT2D eigenvalue weighted by Gasteiger charge is 2.23. The molecule has 3 heterocycles. The van der Waals surface area contributed by atoms with Crippen molar-refractivity contribution >= 4 is 42.4 Å². The SMILES string of the molecule is Cc1cc(NC(=O)CN2CCN(C(=O)CCC3CCNCC3)CC2)no1.Cl.Cl. The van der Waals surface area contributed by atoms with Gasteiger partial charge in [0, 0.05) is 38.7 Å². The van der Waals surface area contributed by atoms with Crippen molar-refractivity contribution in [2.45, 2.75) is 32.6 Å². The highest BCUT2D eigenvalue weighted by molar-refractivity contribution is 5.91. The van der Waals surface area contributed by atoms with Gasteiger partial charge in [0.1, 0.15) is 5.76 Å². The number of amides is 2. The Balaban J connectivity index is 0.00000196. The molecule has 2 aliphatic rings. The molecular formula is C18H31Cl2N5O3. The number of aryl methyl sites for hydroxylation is 1. The predicted octanol–water partition coefficient (Wildman–Crippen LogP) is 1.69. The molecule has 8 nitrogen and oxygen atoms in total. The van der Waals surface area contributed by atoms with Crippen LogP contribution < -0.4 is 10.6 Å². The average molecular weight is 436 g/mol. The number of nitrogens with zero attached hydrogens (tertiary/aromatic N) is 3. The highest BCUT2D eigenvalue weighted by Crippen LogP contribution is 2.18. The molecule has 2 N–H and O–H groups in total. The zero-order chi connectivity index (χ0) is 18.4. The van der Waals surface area contributed by atoms with Crippen LogP contribution in [0.4, 0.5) is 5.82 Å². The van der Waals surface area contributed by atoms with E-state index in [1.54, 1.807) is 13.0 Å². The second-order valence-corrected chi connectivity index (χ2v) is 7.26. The second-order valence-electron chi connectivity index (χ2n) is 7.26. The van der Waals surface area contributed by atoms with Crippen molar-refractivity contribution in [3.63, 3.8) is 0 Å². The van der Waals surface area contributed by atoms with Gasteiger partial charge >= 0.3 is 0 Å². The lowest BCUT2D eigenvalue weighted by Gasteiger charge is -2.34. The van der Waals surface area contributed by atoms with E-state index in [9.17, 15) is 9.59 Å². The molecule has 160 valence electrons. The van der Waals surface area contributed by atoms with Crippen LogP contribution in [0.2, 0.25) is 0 Å². The summed E-state index contributed by atoms with van der Waals surface area (Å²) in [5.74, 6) is 1.94. The van der Waals surface area contributed by atoms with Crippen LogP contribution in [0.15, 0.2) is 10.6 Å². The lowest BCUT2D eigenvalue weighted by Crippen LogP contribution is -2.50. The van der Waals surface area contributed by atoms with Gasteiger partial charge in [-0.05, 0) is 45.2 Å². The van der Waals surface area contributed by atoms with E-state index < -0.39 is 0 Å². The minimum Gasteiger partial charge on any atom is -0.360 e. The first-order valence-electron chi connectivity index (χ1n) is 9.54. The number of nitrogens with one attached hydrogen (secondary N) is 2. The fraction of sp³-hybridized carbons (Fsp3) is 0.722. The molecule has 2 saturated heterocycles. The van der Waals surface area contributed by atoms with Gasteiger partial charge in [-0.25, -0.2) is 0 Å². The van der Waals surface area contributed by atoms with E-state index >= 15 is 0 Å². The van der Waals surface area contributed by atoms with Gasteiger partial charge in [-0.3, -0.25) is 14.5 Å². The van der Waals surface area contributed by atoms with Gasteiger partial charge in [-0.15, -0.1) is 24.8 Å². The van der Waals surface area contributed by atoms with Crippen LogP contribution in [0.3, 0.4) is 0 Å². The Hall–Kier alpha value is -1.35. The number of carbonyl (C=O) groups is 2. The molecule has 0 bridgehead atoms. The standard InChI is InChI=1S/C18H29N5O3.2ClH/c1-14-12-16(21-26-14)20-17(24)13-22-8-10-23(11-9-22)18(25)3-2-15-4-6-19-7-5-15;;/h12,15,19H,2-11,13H2,1H3,(H,20,21,24);2*1H. The average Bonchev–Trinajstić information content (AvgIpc) is 3.05. The van der Waals surface area contributed by atoms with Crippen molar-refractivity contribution in [3.8, 4) is 0 Å². The Morgan fingerprint density at radius 2 is 1.89 bits per heavy atom. The van der Waals surface area contributed by atoms with Gasteiger partial charge in [0.25, 0.3) is 0 Å². The Morgan fingerprint density at radius 3 is 2.50 bits per heavy atom. The molecule has 0 radical (unpaired) electrons. The molecule has 3 rings (SSSR count). The lowest BCUT2D eigenvalue weighted by atomic mass is 9.93. The van der Waals surface area contributed by atoms with Crippen LogP contribution in [0.1, 0.15) is 31.4 Å². The van der Waals surface area contributed by atoms with Crippen molar-refractivity contribution in [2.24, 2.45) is 5.92 Å². The van der Waals surface area contributed by atoms with E-state index in [-0.39, 0.29) is 36.6 Å². The monoisotopic (exact) mass is 435 g/mol. The fourth-order valence-corrected chi connectivity index (χ4v) is 3.62. The molecule has 0 aliphatic carbocycles. The summed E-state index contributed by atoms with van der Waals surface area (Å²) in [6.45, 7) is 7.09. The van der Waals surface area contributed by atoms with E-state index in [4.69, 9.17) is 4.52 Å². The largest absolute Gasteiger partial charge is 0.360 e. The van der Waals surface area contributed by atoms with Crippen LogP contribution in [0.5, 0.6) is 0 Å². The van der Waals surface area contributed by atoms with Crippen molar-refractivity contribution in [3.05, 3.63) is 11.8 Å². The summed E-state index contributed by atoms with van der Waals surface area (Å²) in [7, 11) is 0. The number of hydrogen-bond acceptors (Lipinski definition) is 6. The minimum atomic E-state index is -0.107. The number of halogens is 2. The molecule has 1 aromatic rings. The molecule has 10 heteroatoms. The first-order valence-corrected chi connectivity index (χ1v) is 9.54. The van der Waals surface area contributed by atoms with Crippen molar-refractivity contribution in [2.75, 3.05) is 51.1 Å². The number of rotatable bonds is 6. The number of hydrogen-bond donors (Lipinski definition) is 2. The molecule has 0 aromatic carbocycles. The van der Waals surface area contributed by atoms with Gasteiger partial charge in [0.05, 0.1) is 6.54 Å². The molecule has 2 aliphatic heterocycles. The fourth-order valence-electron chi connectivity index (χ4n) is 3.62. The van der Waals surface area contributed by atoms with Gasteiger partial charge in [-0.2, -0.15) is 0 Å². The molecular weight excluding hydrogens is 405 g/mol. The Morgan fingerprint density at radius 1 is 1.21 bits per heavy atom. The van der Waals surface area contributed by atoms with Crippen molar-refractivity contribution in [1.82, 2.24) is 20.3 Å². The van der Waals surface area contributed by atoms with E-state index in [0.717, 1.165) is 32.6 Å². The quantitative estimate of drug-likeness (QED) is 0.706. The zero-order valence-corrected chi connectivity index (χ0v) is 17.9. The third kappa shape index (κ3) is 7.58. The molecule has 0 atom stereocenters. The van der Waals surface area contributed by atoms with Crippen LogP contribution in [-0.4, -0.2) is 72.6 Å². The van der Waals surface area contributed by atoms with E-state index in [2.05, 4.69) is 20.7 Å². The van der Waals surface area contributed by atoms with Gasteiger partial charge < -0.3 is 20.1 Å². The summed E-state index contributed by atoms with van der Waals surface area (Å²) in [5.41, 5.74) is 0. The van der Waals surface area contributed by atoms with Crippen LogP contribution in [0.25, 0.3) is 0 Å². The maximum absolute atomic E-state index is 12.4. The van der Waals surface area contributed by atoms with E-state index in [1.807, 2.05) is 4.90 Å². The van der Waals surface area contributed by atoms with E-state index in [0.29, 0.717) is 43.6 Å². The summed E-state index contributed by atoms with van der Waals surface area (Å²) in [6, 6.07) is 1.69. The smallest absolute Gasteiger partial charge is 0.239 e. The molecule has 0 saturated carbocycles. The third-order valence-corrected chi connectivity index (χ3v) is 5.21. The maximum atomic E-state index is 12.4. The Labute approximate surface area is 178 Å². The minimum absolute atomic E-state index is 0. The molecule has 0 spiro atoms. The first kappa shape index (κ1) is 24.7. The first-order chi connectivity index (χ1) is 12.6. The summed E-state index contributed by atoms with van der Waals surface area (Å²) < 4.78 is 4.94. The number of carbonyl (C=O) groups excluding carboxylic acids is 2. The summed E-state index contributed by atoms with van der Waals surface area (Å²) in [6.07, 6.45) is 4.01. The number of aromatic nitrogens is 1. The van der Waals surface area contributed by atoms with Crippen molar-refractivity contribution in [1.29, 1.82) is 0 Å². The van der Waals surface area contributed by atoms with Crippen molar-refractivity contribution < 1.29 is 14.1 Å². The number of piperidine rings is 1. The van der Waals surface area contributed by atoms with Gasteiger partial charge in [-0.1, -0.05) is 5.16 Å². The van der Waals surface area contributed by atoms with Crippen LogP contribution in [-0.2, 0) is 9.59 Å². The molecule has 2 amide bonds. The normalized spacial score (nSPS) is 18.1.